The van der Waals surface area contributed by atoms with E-state index in [1.54, 1.807) is 0 Å². The third kappa shape index (κ3) is 3.95. The van der Waals surface area contributed by atoms with E-state index in [1.807, 2.05) is 0 Å². The molecule has 2 aromatic rings. The Balaban J connectivity index is 1.76. The van der Waals surface area contributed by atoms with Crippen molar-refractivity contribution in [2.75, 3.05) is 10.6 Å². The predicted octanol–water partition coefficient (Wildman–Crippen LogP) is 3.25. The van der Waals surface area contributed by atoms with Gasteiger partial charge in [-0.1, -0.05) is 36.0 Å². The molecule has 0 unspecified atom stereocenters. The molecule has 1 aliphatic carbocycles. The summed E-state index contributed by atoms with van der Waals surface area (Å²) in [6.45, 7) is 0. The highest BCUT2D eigenvalue weighted by molar-refractivity contribution is 6.40. The summed E-state index contributed by atoms with van der Waals surface area (Å²) < 4.78 is 0. The second-order valence-electron chi connectivity index (χ2n) is 6.18. The number of nitrogens with one attached hydrogen (secondary N) is 2. The lowest BCUT2D eigenvalue weighted by Gasteiger charge is -2.22. The van der Waals surface area contributed by atoms with Gasteiger partial charge in [0.25, 0.3) is 5.91 Å². The Kier molecular flexibility index (Phi) is 5.41. The molecule has 1 aromatic heterocycles. The largest absolute Gasteiger partial charge is 0.324 e. The Morgan fingerprint density at radius 2 is 1.73 bits per heavy atom. The van der Waals surface area contributed by atoms with Crippen molar-refractivity contribution in [3.05, 3.63) is 46.5 Å². The van der Waals surface area contributed by atoms with Gasteiger partial charge in [0.1, 0.15) is 5.69 Å². The standard InChI is InChI=1S/C17H17Cl2N5O2/c18-11-7-10(23-16(26)17(20)3-1-2-4-17)8-12(19)14(11)24-15(25)13-9-21-5-6-22-13/h5-9H,1-4,20H2,(H,23,26)(H,24,25). The summed E-state index contributed by atoms with van der Waals surface area (Å²) in [4.78, 5) is 32.3. The summed E-state index contributed by atoms with van der Waals surface area (Å²) in [6.07, 6.45) is 7.34. The van der Waals surface area contributed by atoms with E-state index in [4.69, 9.17) is 28.9 Å². The molecule has 2 amide bonds. The summed E-state index contributed by atoms with van der Waals surface area (Å²) in [5.74, 6) is -0.760. The second-order valence-corrected chi connectivity index (χ2v) is 6.99. The first-order chi connectivity index (χ1) is 12.4. The van der Waals surface area contributed by atoms with Gasteiger partial charge in [-0.3, -0.25) is 14.6 Å². The number of amides is 2. The Morgan fingerprint density at radius 1 is 1.08 bits per heavy atom. The average molecular weight is 394 g/mol. The van der Waals surface area contributed by atoms with Crippen LogP contribution in [-0.2, 0) is 4.79 Å². The van der Waals surface area contributed by atoms with Crippen molar-refractivity contribution in [1.29, 1.82) is 0 Å². The normalized spacial score (nSPS) is 15.5. The molecule has 1 fully saturated rings. The van der Waals surface area contributed by atoms with E-state index in [9.17, 15) is 9.59 Å². The maximum atomic E-state index is 12.4. The highest BCUT2D eigenvalue weighted by Gasteiger charge is 2.37. The number of anilines is 2. The molecule has 0 radical (unpaired) electrons. The zero-order valence-electron chi connectivity index (χ0n) is 13.8. The van der Waals surface area contributed by atoms with Crippen LogP contribution in [0, 0.1) is 0 Å². The Hall–Kier alpha value is -2.22. The van der Waals surface area contributed by atoms with Crippen LogP contribution in [0.4, 0.5) is 11.4 Å². The quantitative estimate of drug-likeness (QED) is 0.738. The van der Waals surface area contributed by atoms with Crippen LogP contribution in [0.5, 0.6) is 0 Å². The Morgan fingerprint density at radius 3 is 2.31 bits per heavy atom. The van der Waals surface area contributed by atoms with Crippen LogP contribution < -0.4 is 16.4 Å². The molecule has 26 heavy (non-hydrogen) atoms. The number of benzene rings is 1. The van der Waals surface area contributed by atoms with Gasteiger partial charge in [0.15, 0.2) is 0 Å². The lowest BCUT2D eigenvalue weighted by molar-refractivity contribution is -0.121. The zero-order valence-corrected chi connectivity index (χ0v) is 15.3. The summed E-state index contributed by atoms with van der Waals surface area (Å²) in [7, 11) is 0. The molecule has 1 aliphatic rings. The van der Waals surface area contributed by atoms with E-state index in [0.717, 1.165) is 12.8 Å². The van der Waals surface area contributed by atoms with Gasteiger partial charge in [0.05, 0.1) is 27.5 Å². The number of rotatable bonds is 4. The number of carbonyl (C=O) groups excluding carboxylic acids is 2. The first kappa shape index (κ1) is 18.6. The smallest absolute Gasteiger partial charge is 0.275 e. The van der Waals surface area contributed by atoms with Crippen LogP contribution in [0.15, 0.2) is 30.7 Å². The van der Waals surface area contributed by atoms with Crippen LogP contribution in [0.3, 0.4) is 0 Å². The van der Waals surface area contributed by atoms with Crippen molar-refractivity contribution < 1.29 is 9.59 Å². The van der Waals surface area contributed by atoms with Crippen molar-refractivity contribution in [2.45, 2.75) is 31.2 Å². The van der Waals surface area contributed by atoms with Gasteiger partial charge in [0, 0.05) is 18.1 Å². The number of hydrogen-bond donors (Lipinski definition) is 3. The first-order valence-corrected chi connectivity index (χ1v) is 8.81. The van der Waals surface area contributed by atoms with E-state index < -0.39 is 11.4 Å². The van der Waals surface area contributed by atoms with Crippen LogP contribution in [0.1, 0.15) is 36.2 Å². The van der Waals surface area contributed by atoms with E-state index in [2.05, 4.69) is 20.6 Å². The van der Waals surface area contributed by atoms with Gasteiger partial charge in [-0.05, 0) is 25.0 Å². The van der Waals surface area contributed by atoms with Gasteiger partial charge in [0.2, 0.25) is 5.91 Å². The SMILES string of the molecule is NC1(C(=O)Nc2cc(Cl)c(NC(=O)c3cnccn3)c(Cl)c2)CCCC1. The van der Waals surface area contributed by atoms with E-state index in [0.29, 0.717) is 18.5 Å². The molecule has 136 valence electrons. The van der Waals surface area contributed by atoms with Gasteiger partial charge < -0.3 is 16.4 Å². The average Bonchev–Trinajstić information content (AvgIpc) is 3.07. The van der Waals surface area contributed by atoms with Crippen LogP contribution in [0.25, 0.3) is 0 Å². The number of hydrogen-bond acceptors (Lipinski definition) is 5. The van der Waals surface area contributed by atoms with E-state index in [-0.39, 0.29) is 27.3 Å². The van der Waals surface area contributed by atoms with Crippen molar-refractivity contribution in [3.63, 3.8) is 0 Å². The number of aromatic nitrogens is 2. The second kappa shape index (κ2) is 7.57. The van der Waals surface area contributed by atoms with Crippen LogP contribution >= 0.6 is 23.2 Å². The van der Waals surface area contributed by atoms with Gasteiger partial charge >= 0.3 is 0 Å². The molecule has 3 rings (SSSR count). The molecule has 9 heteroatoms. The number of nitrogens with zero attached hydrogens (tertiary/aromatic N) is 2. The molecule has 0 atom stereocenters. The number of carbonyl (C=O) groups is 2. The first-order valence-electron chi connectivity index (χ1n) is 8.06. The fraction of sp³-hybridized carbons (Fsp3) is 0.294. The van der Waals surface area contributed by atoms with Gasteiger partial charge in [-0.2, -0.15) is 0 Å². The Bertz CT molecular complexity index is 815. The zero-order chi connectivity index (χ0) is 18.7. The topological polar surface area (TPSA) is 110 Å². The van der Waals surface area contributed by atoms with E-state index in [1.165, 1.54) is 30.7 Å². The molecule has 1 aromatic carbocycles. The predicted molar refractivity (Wildman–Crippen MR) is 100 cm³/mol. The van der Waals surface area contributed by atoms with Crippen molar-refractivity contribution in [3.8, 4) is 0 Å². The summed E-state index contributed by atoms with van der Waals surface area (Å²) in [5.41, 5.74) is 6.05. The fourth-order valence-electron chi connectivity index (χ4n) is 2.85. The third-order valence-corrected chi connectivity index (χ3v) is 4.88. The van der Waals surface area contributed by atoms with E-state index >= 15 is 0 Å². The monoisotopic (exact) mass is 393 g/mol. The minimum Gasteiger partial charge on any atom is -0.324 e. The van der Waals surface area contributed by atoms with Crippen LogP contribution in [0.2, 0.25) is 10.0 Å². The molecule has 7 nitrogen and oxygen atoms in total. The number of halogens is 2. The molecule has 1 heterocycles. The summed E-state index contributed by atoms with van der Waals surface area (Å²) in [6, 6.07) is 3.02. The molecular formula is C17H17Cl2N5O2. The highest BCUT2D eigenvalue weighted by atomic mass is 35.5. The molecule has 0 spiro atoms. The molecule has 1 saturated carbocycles. The molecule has 0 aliphatic heterocycles. The lowest BCUT2D eigenvalue weighted by Crippen LogP contribution is -2.48. The maximum Gasteiger partial charge on any atom is 0.275 e. The van der Waals surface area contributed by atoms with Gasteiger partial charge in [-0.25, -0.2) is 4.98 Å². The third-order valence-electron chi connectivity index (χ3n) is 4.28. The Labute approximate surface area is 160 Å². The fourth-order valence-corrected chi connectivity index (χ4v) is 3.43. The highest BCUT2D eigenvalue weighted by Crippen LogP contribution is 2.35. The molecule has 0 bridgehead atoms. The molecule has 4 N–H and O–H groups in total. The minimum absolute atomic E-state index is 0.128. The van der Waals surface area contributed by atoms with Crippen molar-refractivity contribution in [1.82, 2.24) is 9.97 Å². The van der Waals surface area contributed by atoms with Crippen molar-refractivity contribution >= 4 is 46.4 Å². The van der Waals surface area contributed by atoms with Crippen LogP contribution in [-0.4, -0.2) is 27.3 Å². The minimum atomic E-state index is -0.863. The molecular weight excluding hydrogens is 377 g/mol. The lowest BCUT2D eigenvalue weighted by atomic mass is 9.98. The maximum absolute atomic E-state index is 12.4. The summed E-state index contributed by atoms with van der Waals surface area (Å²) in [5, 5.41) is 5.71. The number of nitrogens with two attached hydrogens (primary N) is 1. The van der Waals surface area contributed by atoms with Gasteiger partial charge in [-0.15, -0.1) is 0 Å². The summed E-state index contributed by atoms with van der Waals surface area (Å²) >= 11 is 12.5. The molecule has 0 saturated heterocycles. The van der Waals surface area contributed by atoms with Crippen molar-refractivity contribution in [2.24, 2.45) is 5.73 Å².